The molecule has 1 aliphatic carbocycles. The zero-order valence-corrected chi connectivity index (χ0v) is 10.2. The van der Waals surface area contributed by atoms with Crippen molar-refractivity contribution in [2.24, 2.45) is 0 Å². The lowest BCUT2D eigenvalue weighted by molar-refractivity contribution is -0.150. The lowest BCUT2D eigenvalue weighted by atomic mass is 9.79. The van der Waals surface area contributed by atoms with Crippen LogP contribution in [0.15, 0.2) is 0 Å². The summed E-state index contributed by atoms with van der Waals surface area (Å²) >= 11 is 0. The molecule has 2 unspecified atom stereocenters. The SMILES string of the molecule is CCOC(=O)CCC1(O)CCCCC1OC. The smallest absolute Gasteiger partial charge is 0.305 e. The molecule has 1 aliphatic rings. The fourth-order valence-electron chi connectivity index (χ4n) is 2.37. The van der Waals surface area contributed by atoms with Gasteiger partial charge in [-0.2, -0.15) is 0 Å². The van der Waals surface area contributed by atoms with E-state index in [1.165, 1.54) is 0 Å². The third-order valence-corrected chi connectivity index (χ3v) is 3.28. The van der Waals surface area contributed by atoms with Gasteiger partial charge in [0.15, 0.2) is 0 Å². The first-order valence-electron chi connectivity index (χ1n) is 6.03. The normalized spacial score (nSPS) is 30.1. The summed E-state index contributed by atoms with van der Waals surface area (Å²) in [6, 6.07) is 0. The Labute approximate surface area is 96.9 Å². The molecule has 1 fully saturated rings. The molecule has 0 bridgehead atoms. The van der Waals surface area contributed by atoms with E-state index in [2.05, 4.69) is 0 Å². The number of esters is 1. The van der Waals surface area contributed by atoms with Gasteiger partial charge in [-0.05, 0) is 26.2 Å². The lowest BCUT2D eigenvalue weighted by Crippen LogP contribution is -2.46. The van der Waals surface area contributed by atoms with Crippen LogP contribution in [0.2, 0.25) is 0 Å². The van der Waals surface area contributed by atoms with Crippen LogP contribution in [-0.4, -0.2) is 36.5 Å². The van der Waals surface area contributed by atoms with Crippen LogP contribution in [0.1, 0.15) is 45.4 Å². The fraction of sp³-hybridized carbons (Fsp3) is 0.917. The molecule has 0 aromatic rings. The zero-order valence-electron chi connectivity index (χ0n) is 10.2. The molecule has 1 rings (SSSR count). The van der Waals surface area contributed by atoms with Crippen LogP contribution in [0, 0.1) is 0 Å². The molecule has 0 amide bonds. The molecule has 0 aliphatic heterocycles. The first kappa shape index (κ1) is 13.5. The molecule has 1 N–H and O–H groups in total. The van der Waals surface area contributed by atoms with E-state index in [0.29, 0.717) is 19.4 Å². The molecule has 94 valence electrons. The Bertz CT molecular complexity index is 229. The zero-order chi connectivity index (χ0) is 12.0. The molecule has 16 heavy (non-hydrogen) atoms. The molecule has 4 heteroatoms. The van der Waals surface area contributed by atoms with Crippen LogP contribution in [-0.2, 0) is 14.3 Å². The molecular weight excluding hydrogens is 208 g/mol. The first-order valence-corrected chi connectivity index (χ1v) is 6.03. The quantitative estimate of drug-likeness (QED) is 0.730. The van der Waals surface area contributed by atoms with Crippen molar-refractivity contribution < 1.29 is 19.4 Å². The monoisotopic (exact) mass is 230 g/mol. The molecule has 0 saturated heterocycles. The van der Waals surface area contributed by atoms with Gasteiger partial charge in [-0.3, -0.25) is 4.79 Å². The van der Waals surface area contributed by atoms with Gasteiger partial charge in [0, 0.05) is 13.5 Å². The van der Waals surface area contributed by atoms with E-state index in [-0.39, 0.29) is 18.5 Å². The summed E-state index contributed by atoms with van der Waals surface area (Å²) in [5.74, 6) is -0.239. The van der Waals surface area contributed by atoms with Crippen molar-refractivity contribution in [2.45, 2.75) is 57.2 Å². The van der Waals surface area contributed by atoms with Crippen LogP contribution in [0.25, 0.3) is 0 Å². The van der Waals surface area contributed by atoms with Crippen molar-refractivity contribution in [3.63, 3.8) is 0 Å². The van der Waals surface area contributed by atoms with E-state index in [1.807, 2.05) is 0 Å². The van der Waals surface area contributed by atoms with Crippen molar-refractivity contribution in [1.29, 1.82) is 0 Å². The van der Waals surface area contributed by atoms with E-state index in [1.54, 1.807) is 14.0 Å². The molecular formula is C12H22O4. The number of ether oxygens (including phenoxy) is 2. The maximum Gasteiger partial charge on any atom is 0.305 e. The second-order valence-electron chi connectivity index (χ2n) is 4.38. The fourth-order valence-corrected chi connectivity index (χ4v) is 2.37. The molecule has 0 spiro atoms. The van der Waals surface area contributed by atoms with E-state index >= 15 is 0 Å². The first-order chi connectivity index (χ1) is 7.62. The van der Waals surface area contributed by atoms with E-state index in [9.17, 15) is 9.90 Å². The Balaban J connectivity index is 2.45. The maximum atomic E-state index is 11.2. The second-order valence-corrected chi connectivity index (χ2v) is 4.38. The van der Waals surface area contributed by atoms with E-state index in [4.69, 9.17) is 9.47 Å². The van der Waals surface area contributed by atoms with Gasteiger partial charge in [-0.1, -0.05) is 12.8 Å². The van der Waals surface area contributed by atoms with Gasteiger partial charge in [0.2, 0.25) is 0 Å². The minimum absolute atomic E-state index is 0.143. The average Bonchev–Trinajstić information content (AvgIpc) is 2.28. The number of rotatable bonds is 5. The van der Waals surface area contributed by atoms with Crippen molar-refractivity contribution in [3.05, 3.63) is 0 Å². The van der Waals surface area contributed by atoms with Gasteiger partial charge >= 0.3 is 5.97 Å². The summed E-state index contributed by atoms with van der Waals surface area (Å²) in [4.78, 5) is 11.2. The summed E-state index contributed by atoms with van der Waals surface area (Å²) in [7, 11) is 1.62. The molecule has 0 radical (unpaired) electrons. The summed E-state index contributed by atoms with van der Waals surface area (Å²) in [5, 5.41) is 10.4. The Kier molecular flexibility index (Phi) is 5.22. The number of hydrogen-bond donors (Lipinski definition) is 1. The number of methoxy groups -OCH3 is 1. The van der Waals surface area contributed by atoms with Crippen LogP contribution in [0.3, 0.4) is 0 Å². The predicted molar refractivity (Wildman–Crippen MR) is 60.1 cm³/mol. The highest BCUT2D eigenvalue weighted by Gasteiger charge is 2.39. The van der Waals surface area contributed by atoms with Gasteiger partial charge in [-0.25, -0.2) is 0 Å². The summed E-state index contributed by atoms with van der Waals surface area (Å²) < 4.78 is 10.2. The summed E-state index contributed by atoms with van der Waals surface area (Å²) in [6.45, 7) is 2.18. The number of aliphatic hydroxyl groups is 1. The van der Waals surface area contributed by atoms with Gasteiger partial charge in [0.25, 0.3) is 0 Å². The summed E-state index contributed by atoms with van der Waals surface area (Å²) in [6.07, 6.45) is 4.23. The van der Waals surface area contributed by atoms with Crippen molar-refractivity contribution in [3.8, 4) is 0 Å². The van der Waals surface area contributed by atoms with Gasteiger partial charge in [0.1, 0.15) is 0 Å². The highest BCUT2D eigenvalue weighted by Crippen LogP contribution is 2.34. The molecule has 2 atom stereocenters. The molecule has 4 nitrogen and oxygen atoms in total. The third-order valence-electron chi connectivity index (χ3n) is 3.28. The Morgan fingerprint density at radius 1 is 1.50 bits per heavy atom. The largest absolute Gasteiger partial charge is 0.466 e. The molecule has 0 aromatic carbocycles. The number of carbonyl (C=O) groups is 1. The maximum absolute atomic E-state index is 11.2. The van der Waals surface area contributed by atoms with E-state index in [0.717, 1.165) is 19.3 Å². The van der Waals surface area contributed by atoms with Crippen molar-refractivity contribution in [1.82, 2.24) is 0 Å². The van der Waals surface area contributed by atoms with Crippen molar-refractivity contribution in [2.75, 3.05) is 13.7 Å². The molecule has 0 heterocycles. The third kappa shape index (κ3) is 3.46. The standard InChI is InChI=1S/C12H22O4/c1-3-16-11(13)7-9-12(14)8-5-4-6-10(12)15-2/h10,14H,3-9H2,1-2H3. The molecule has 1 saturated carbocycles. The number of hydrogen-bond acceptors (Lipinski definition) is 4. The van der Waals surface area contributed by atoms with Crippen LogP contribution in [0.4, 0.5) is 0 Å². The van der Waals surface area contributed by atoms with Crippen LogP contribution in [0.5, 0.6) is 0 Å². The average molecular weight is 230 g/mol. The van der Waals surface area contributed by atoms with Gasteiger partial charge in [0.05, 0.1) is 18.3 Å². The van der Waals surface area contributed by atoms with Gasteiger partial charge in [-0.15, -0.1) is 0 Å². The minimum Gasteiger partial charge on any atom is -0.466 e. The summed E-state index contributed by atoms with van der Waals surface area (Å²) in [5.41, 5.74) is -0.847. The topological polar surface area (TPSA) is 55.8 Å². The Hall–Kier alpha value is -0.610. The Morgan fingerprint density at radius 2 is 2.25 bits per heavy atom. The number of carbonyl (C=O) groups excluding carboxylic acids is 1. The Morgan fingerprint density at radius 3 is 2.88 bits per heavy atom. The van der Waals surface area contributed by atoms with Crippen molar-refractivity contribution >= 4 is 5.97 Å². The van der Waals surface area contributed by atoms with Gasteiger partial charge < -0.3 is 14.6 Å². The highest BCUT2D eigenvalue weighted by atomic mass is 16.5. The second kappa shape index (κ2) is 6.21. The predicted octanol–water partition coefficient (Wildman–Crippen LogP) is 1.65. The lowest BCUT2D eigenvalue weighted by Gasteiger charge is -2.38. The van der Waals surface area contributed by atoms with Crippen LogP contribution >= 0.6 is 0 Å². The molecule has 0 aromatic heterocycles. The van der Waals surface area contributed by atoms with Crippen LogP contribution < -0.4 is 0 Å². The minimum atomic E-state index is -0.847. The van der Waals surface area contributed by atoms with E-state index < -0.39 is 5.60 Å². The highest BCUT2D eigenvalue weighted by molar-refractivity contribution is 5.69.